The molecule has 0 amide bonds. The number of methoxy groups -OCH3 is 2. The number of rotatable bonds is 9. The van der Waals surface area contributed by atoms with Crippen LogP contribution in [-0.4, -0.2) is 50.2 Å². The van der Waals surface area contributed by atoms with Crippen LogP contribution < -0.4 is 10.6 Å². The first-order valence-electron chi connectivity index (χ1n) is 5.55. The molecule has 0 aromatic carbocycles. The lowest BCUT2D eigenvalue weighted by atomic mass is 10.4. The number of anilines is 1. The molecule has 7 heteroatoms. The highest BCUT2D eigenvalue weighted by Gasteiger charge is 2.06. The number of aromatic nitrogens is 2. The summed E-state index contributed by atoms with van der Waals surface area (Å²) in [7, 11) is 3.32. The molecular weight excluding hydrogens is 224 g/mol. The molecule has 1 aromatic rings. The third-order valence-electron chi connectivity index (χ3n) is 2.17. The van der Waals surface area contributed by atoms with Crippen molar-refractivity contribution in [3.05, 3.63) is 5.89 Å². The van der Waals surface area contributed by atoms with E-state index in [2.05, 4.69) is 20.8 Å². The van der Waals surface area contributed by atoms with Crippen molar-refractivity contribution in [2.24, 2.45) is 0 Å². The zero-order chi connectivity index (χ0) is 12.5. The lowest BCUT2D eigenvalue weighted by Crippen LogP contribution is -2.18. The van der Waals surface area contributed by atoms with Crippen LogP contribution in [0.1, 0.15) is 12.8 Å². The fourth-order valence-corrected chi connectivity index (χ4v) is 1.08. The number of nitrogens with one attached hydrogen (secondary N) is 2. The second kappa shape index (κ2) is 7.99. The molecule has 0 spiro atoms. The predicted molar refractivity (Wildman–Crippen MR) is 62.8 cm³/mol. The minimum Gasteiger partial charge on any atom is -0.407 e. The van der Waals surface area contributed by atoms with E-state index in [1.165, 1.54) is 0 Å². The Morgan fingerprint density at radius 2 is 2.18 bits per heavy atom. The van der Waals surface area contributed by atoms with E-state index >= 15 is 0 Å². The second-order valence-corrected chi connectivity index (χ2v) is 3.60. The van der Waals surface area contributed by atoms with E-state index in [0.29, 0.717) is 31.6 Å². The van der Waals surface area contributed by atoms with Gasteiger partial charge in [0.25, 0.3) is 0 Å². The lowest BCUT2D eigenvalue weighted by molar-refractivity contribution is 0.128. The van der Waals surface area contributed by atoms with Gasteiger partial charge >= 0.3 is 6.01 Å². The van der Waals surface area contributed by atoms with Crippen molar-refractivity contribution in [2.45, 2.75) is 19.6 Å². The quantitative estimate of drug-likeness (QED) is 0.603. The van der Waals surface area contributed by atoms with Crippen LogP contribution in [0.3, 0.4) is 0 Å². The molecule has 0 radical (unpaired) electrons. The van der Waals surface area contributed by atoms with Gasteiger partial charge in [0, 0.05) is 27.3 Å². The van der Waals surface area contributed by atoms with E-state index in [0.717, 1.165) is 6.54 Å². The fourth-order valence-electron chi connectivity index (χ4n) is 1.08. The topological polar surface area (TPSA) is 81.4 Å². The minimum absolute atomic E-state index is 0.102. The monoisotopic (exact) mass is 244 g/mol. The van der Waals surface area contributed by atoms with Crippen LogP contribution in [0.25, 0.3) is 0 Å². The summed E-state index contributed by atoms with van der Waals surface area (Å²) in [5, 5.41) is 13.9. The Labute approximate surface area is 101 Å². The summed E-state index contributed by atoms with van der Waals surface area (Å²) in [6.45, 7) is 4.54. The molecule has 0 aliphatic rings. The van der Waals surface area contributed by atoms with Gasteiger partial charge in [-0.15, -0.1) is 5.10 Å². The van der Waals surface area contributed by atoms with Gasteiger partial charge < -0.3 is 24.5 Å². The van der Waals surface area contributed by atoms with E-state index in [9.17, 15) is 0 Å². The molecule has 2 N–H and O–H groups in total. The van der Waals surface area contributed by atoms with Crippen LogP contribution in [0.4, 0.5) is 6.01 Å². The molecular formula is C10H20N4O3. The first kappa shape index (κ1) is 13.9. The van der Waals surface area contributed by atoms with Crippen molar-refractivity contribution in [3.8, 4) is 0 Å². The highest BCUT2D eigenvalue weighted by atomic mass is 16.5. The fraction of sp³-hybridized carbons (Fsp3) is 0.800. The Hall–Kier alpha value is -1.18. The summed E-state index contributed by atoms with van der Waals surface area (Å²) in [6, 6.07) is 0.414. The van der Waals surface area contributed by atoms with Crippen molar-refractivity contribution < 1.29 is 13.9 Å². The number of ether oxygens (including phenoxy) is 2. The van der Waals surface area contributed by atoms with Crippen molar-refractivity contribution in [2.75, 3.05) is 39.2 Å². The summed E-state index contributed by atoms with van der Waals surface area (Å²) in [4.78, 5) is 0. The van der Waals surface area contributed by atoms with Gasteiger partial charge in [0.2, 0.25) is 5.89 Å². The van der Waals surface area contributed by atoms with E-state index in [4.69, 9.17) is 13.9 Å². The first-order chi connectivity index (χ1) is 8.26. The Morgan fingerprint density at radius 1 is 1.35 bits per heavy atom. The van der Waals surface area contributed by atoms with Gasteiger partial charge in [-0.3, -0.25) is 0 Å². The van der Waals surface area contributed by atoms with Gasteiger partial charge in [-0.05, 0) is 6.92 Å². The third-order valence-corrected chi connectivity index (χ3v) is 2.17. The van der Waals surface area contributed by atoms with E-state index in [1.54, 1.807) is 14.2 Å². The van der Waals surface area contributed by atoms with Gasteiger partial charge in [-0.25, -0.2) is 0 Å². The van der Waals surface area contributed by atoms with E-state index in [-0.39, 0.29) is 6.10 Å². The van der Waals surface area contributed by atoms with Crippen LogP contribution in [0.5, 0.6) is 0 Å². The van der Waals surface area contributed by atoms with Crippen molar-refractivity contribution in [3.63, 3.8) is 0 Å². The zero-order valence-corrected chi connectivity index (χ0v) is 10.5. The van der Waals surface area contributed by atoms with Crippen molar-refractivity contribution in [1.82, 2.24) is 15.5 Å². The van der Waals surface area contributed by atoms with Gasteiger partial charge in [-0.2, -0.15) is 0 Å². The van der Waals surface area contributed by atoms with Crippen molar-refractivity contribution >= 4 is 6.01 Å². The SMILES string of the molecule is COCCNCc1nnc(NCC(C)OC)o1. The Bertz CT molecular complexity index is 305. The summed E-state index contributed by atoms with van der Waals surface area (Å²) in [6.07, 6.45) is 0.102. The number of hydrogen-bond donors (Lipinski definition) is 2. The molecule has 0 saturated heterocycles. The molecule has 1 rings (SSSR count). The predicted octanol–water partition coefficient (Wildman–Crippen LogP) is 0.252. The maximum Gasteiger partial charge on any atom is 0.315 e. The second-order valence-electron chi connectivity index (χ2n) is 3.60. The molecule has 98 valence electrons. The molecule has 0 fully saturated rings. The molecule has 0 aliphatic carbocycles. The van der Waals surface area contributed by atoms with Gasteiger partial charge in [0.1, 0.15) is 0 Å². The highest BCUT2D eigenvalue weighted by Crippen LogP contribution is 2.05. The lowest BCUT2D eigenvalue weighted by Gasteiger charge is -2.07. The largest absolute Gasteiger partial charge is 0.407 e. The summed E-state index contributed by atoms with van der Waals surface area (Å²) >= 11 is 0. The Kier molecular flexibility index (Phi) is 6.53. The molecule has 17 heavy (non-hydrogen) atoms. The normalized spacial score (nSPS) is 12.6. The molecule has 1 atom stereocenters. The smallest absolute Gasteiger partial charge is 0.315 e. The Balaban J connectivity index is 2.22. The summed E-state index contributed by atoms with van der Waals surface area (Å²) in [5.74, 6) is 0.550. The van der Waals surface area contributed by atoms with Gasteiger partial charge in [0.15, 0.2) is 0 Å². The molecule has 0 bridgehead atoms. The first-order valence-corrected chi connectivity index (χ1v) is 5.55. The molecule has 1 unspecified atom stereocenters. The van der Waals surface area contributed by atoms with Gasteiger partial charge in [-0.1, -0.05) is 5.10 Å². The molecule has 7 nitrogen and oxygen atoms in total. The standard InChI is InChI=1S/C10H20N4O3/c1-8(16-3)6-12-10-14-13-9(17-10)7-11-4-5-15-2/h8,11H,4-7H2,1-3H3,(H,12,14). The molecule has 0 saturated carbocycles. The van der Waals surface area contributed by atoms with Crippen LogP contribution in [-0.2, 0) is 16.0 Å². The minimum atomic E-state index is 0.102. The zero-order valence-electron chi connectivity index (χ0n) is 10.5. The summed E-state index contributed by atoms with van der Waals surface area (Å²) in [5.41, 5.74) is 0. The van der Waals surface area contributed by atoms with E-state index < -0.39 is 0 Å². The average molecular weight is 244 g/mol. The number of nitrogens with zero attached hydrogens (tertiary/aromatic N) is 2. The van der Waals surface area contributed by atoms with Crippen LogP contribution >= 0.6 is 0 Å². The van der Waals surface area contributed by atoms with E-state index in [1.807, 2.05) is 6.92 Å². The number of hydrogen-bond acceptors (Lipinski definition) is 7. The Morgan fingerprint density at radius 3 is 2.88 bits per heavy atom. The molecule has 1 aromatic heterocycles. The third kappa shape index (κ3) is 5.62. The molecule has 0 aliphatic heterocycles. The highest BCUT2D eigenvalue weighted by molar-refractivity contribution is 5.16. The maximum absolute atomic E-state index is 5.37. The van der Waals surface area contributed by atoms with Crippen LogP contribution in [0, 0.1) is 0 Å². The summed E-state index contributed by atoms with van der Waals surface area (Å²) < 4.78 is 15.4. The average Bonchev–Trinajstić information content (AvgIpc) is 2.79. The van der Waals surface area contributed by atoms with Crippen LogP contribution in [0.2, 0.25) is 0 Å². The van der Waals surface area contributed by atoms with Crippen molar-refractivity contribution in [1.29, 1.82) is 0 Å². The molecule has 1 heterocycles. The maximum atomic E-state index is 5.37. The van der Waals surface area contributed by atoms with Gasteiger partial charge in [0.05, 0.1) is 19.3 Å². The van der Waals surface area contributed by atoms with Crippen LogP contribution in [0.15, 0.2) is 4.42 Å².